The summed E-state index contributed by atoms with van der Waals surface area (Å²) in [7, 11) is 3.66. The Hall–Kier alpha value is -2.73. The summed E-state index contributed by atoms with van der Waals surface area (Å²) in [6, 6.07) is 14.1. The minimum Gasteiger partial charge on any atom is -0.497 e. The van der Waals surface area contributed by atoms with E-state index in [1.54, 1.807) is 19.1 Å². The van der Waals surface area contributed by atoms with Crippen LogP contribution in [-0.2, 0) is 5.54 Å². The van der Waals surface area contributed by atoms with Gasteiger partial charge in [0.2, 0.25) is 0 Å². The molecular weight excluding hydrogens is 394 g/mol. The van der Waals surface area contributed by atoms with Crippen LogP contribution in [0.25, 0.3) is 10.9 Å². The van der Waals surface area contributed by atoms with E-state index in [1.807, 2.05) is 51.4 Å². The molecule has 0 spiro atoms. The number of hydrogen-bond donors (Lipinski definition) is 1. The van der Waals surface area contributed by atoms with Crippen LogP contribution in [0.5, 0.6) is 5.75 Å². The first-order valence-electron chi connectivity index (χ1n) is 10.0. The second kappa shape index (κ2) is 7.84. The summed E-state index contributed by atoms with van der Waals surface area (Å²) in [6.07, 6.45) is 3.88. The molecular formula is C24H27N3O2S. The Labute approximate surface area is 182 Å². The third-order valence-corrected chi connectivity index (χ3v) is 6.63. The molecule has 1 heterocycles. The number of nitrogens with one attached hydrogen (secondary N) is 1. The van der Waals surface area contributed by atoms with Gasteiger partial charge >= 0.3 is 0 Å². The molecule has 0 unspecified atom stereocenters. The van der Waals surface area contributed by atoms with E-state index in [9.17, 15) is 4.79 Å². The molecule has 0 radical (unpaired) electrons. The molecule has 0 saturated heterocycles. The highest BCUT2D eigenvalue weighted by Crippen LogP contribution is 2.49. The van der Waals surface area contributed by atoms with Gasteiger partial charge in [-0.15, -0.1) is 0 Å². The van der Waals surface area contributed by atoms with Crippen LogP contribution >= 0.6 is 11.9 Å². The summed E-state index contributed by atoms with van der Waals surface area (Å²) < 4.78 is 7.44. The number of hydrogen-bond acceptors (Lipinski definition) is 5. The predicted octanol–water partition coefficient (Wildman–Crippen LogP) is 4.99. The Morgan fingerprint density at radius 3 is 2.60 bits per heavy atom. The van der Waals surface area contributed by atoms with Crippen LogP contribution in [0, 0.1) is 13.8 Å². The normalized spacial score (nSPS) is 14.4. The molecule has 0 bridgehead atoms. The number of ether oxygens (including phenoxy) is 1. The Bertz CT molecular complexity index is 1120. The van der Waals surface area contributed by atoms with Crippen molar-refractivity contribution >= 4 is 34.4 Å². The van der Waals surface area contributed by atoms with Gasteiger partial charge < -0.3 is 14.4 Å². The first-order chi connectivity index (χ1) is 14.4. The second-order valence-corrected chi connectivity index (χ2v) is 8.82. The number of amides is 1. The van der Waals surface area contributed by atoms with Gasteiger partial charge in [0, 0.05) is 35.6 Å². The summed E-state index contributed by atoms with van der Waals surface area (Å²) in [6.45, 7) is 3.95. The largest absolute Gasteiger partial charge is 0.497 e. The highest BCUT2D eigenvalue weighted by Gasteiger charge is 2.47. The monoisotopic (exact) mass is 421 g/mol. The van der Waals surface area contributed by atoms with Crippen LogP contribution in [0.2, 0.25) is 0 Å². The first-order valence-corrected chi connectivity index (χ1v) is 11.2. The number of pyridine rings is 1. The molecule has 1 fully saturated rings. The van der Waals surface area contributed by atoms with Crippen LogP contribution in [0.15, 0.2) is 42.5 Å². The number of carbonyl (C=O) groups is 1. The number of benzene rings is 2. The molecule has 30 heavy (non-hydrogen) atoms. The van der Waals surface area contributed by atoms with Crippen molar-refractivity contribution < 1.29 is 9.53 Å². The van der Waals surface area contributed by atoms with Gasteiger partial charge in [-0.3, -0.25) is 9.78 Å². The number of aromatic nitrogens is 1. The molecule has 1 amide bonds. The standard InChI is InChI=1S/C24H27N3O2S/c1-15-6-8-18(29-4)14-20(15)23(28)26-24(10-11-24)21-12-17(27(3)30-5)13-22-19(21)9-7-16(2)25-22/h6-9,12-14H,10-11H2,1-5H3,(H,26,28). The Morgan fingerprint density at radius 1 is 1.17 bits per heavy atom. The number of anilines is 1. The fourth-order valence-electron chi connectivity index (χ4n) is 3.85. The summed E-state index contributed by atoms with van der Waals surface area (Å²) in [4.78, 5) is 18.0. The summed E-state index contributed by atoms with van der Waals surface area (Å²) in [5.41, 5.74) is 5.38. The van der Waals surface area contributed by atoms with Gasteiger partial charge in [-0.25, -0.2) is 0 Å². The Balaban J connectivity index is 1.77. The van der Waals surface area contributed by atoms with Gasteiger partial charge in [0.25, 0.3) is 5.91 Å². The number of aryl methyl sites for hydroxylation is 2. The fraction of sp³-hybridized carbons (Fsp3) is 0.333. The van der Waals surface area contributed by atoms with E-state index in [4.69, 9.17) is 9.72 Å². The Kier molecular flexibility index (Phi) is 5.36. The highest BCUT2D eigenvalue weighted by atomic mass is 32.2. The quantitative estimate of drug-likeness (QED) is 0.568. The van der Waals surface area contributed by atoms with Crippen LogP contribution in [-0.4, -0.2) is 31.3 Å². The minimum absolute atomic E-state index is 0.0688. The van der Waals surface area contributed by atoms with Crippen molar-refractivity contribution in [3.8, 4) is 5.75 Å². The third kappa shape index (κ3) is 3.72. The van der Waals surface area contributed by atoms with Gasteiger partial charge in [-0.1, -0.05) is 24.1 Å². The van der Waals surface area contributed by atoms with E-state index in [0.29, 0.717) is 11.3 Å². The first kappa shape index (κ1) is 20.5. The smallest absolute Gasteiger partial charge is 0.252 e. The number of methoxy groups -OCH3 is 1. The van der Waals surface area contributed by atoms with Gasteiger partial charge in [0.15, 0.2) is 0 Å². The molecule has 5 nitrogen and oxygen atoms in total. The molecule has 3 aromatic rings. The summed E-state index contributed by atoms with van der Waals surface area (Å²) in [5.74, 6) is 0.616. The van der Waals surface area contributed by atoms with Gasteiger partial charge in [-0.2, -0.15) is 0 Å². The minimum atomic E-state index is -0.364. The highest BCUT2D eigenvalue weighted by molar-refractivity contribution is 7.99. The average Bonchev–Trinajstić information content (AvgIpc) is 3.52. The summed E-state index contributed by atoms with van der Waals surface area (Å²) in [5, 5.41) is 4.43. The maximum atomic E-state index is 13.2. The molecule has 0 atom stereocenters. The SMILES string of the molecule is COc1ccc(C)c(C(=O)NC2(c3cc(N(C)SC)cc4nc(C)ccc34)CC2)c1. The van der Waals surface area contributed by atoms with Gasteiger partial charge in [0.05, 0.1) is 18.2 Å². The molecule has 6 heteroatoms. The molecule has 2 aromatic carbocycles. The maximum absolute atomic E-state index is 13.2. The van der Waals surface area contributed by atoms with E-state index in [-0.39, 0.29) is 11.4 Å². The maximum Gasteiger partial charge on any atom is 0.252 e. The zero-order chi connectivity index (χ0) is 21.5. The van der Waals surface area contributed by atoms with E-state index in [2.05, 4.69) is 27.8 Å². The van der Waals surface area contributed by atoms with Crippen LogP contribution < -0.4 is 14.4 Å². The van der Waals surface area contributed by atoms with Crippen molar-refractivity contribution in [1.82, 2.24) is 10.3 Å². The van der Waals surface area contributed by atoms with E-state index in [0.717, 1.165) is 46.3 Å². The fourth-order valence-corrected chi connectivity index (χ4v) is 4.17. The zero-order valence-corrected chi connectivity index (χ0v) is 18.9. The lowest BCUT2D eigenvalue weighted by Crippen LogP contribution is -2.35. The van der Waals surface area contributed by atoms with Crippen LogP contribution in [0.1, 0.15) is 40.0 Å². The van der Waals surface area contributed by atoms with Crippen molar-refractivity contribution in [2.45, 2.75) is 32.2 Å². The topological polar surface area (TPSA) is 54.5 Å². The van der Waals surface area contributed by atoms with Crippen molar-refractivity contribution in [2.75, 3.05) is 24.7 Å². The number of rotatable bonds is 6. The van der Waals surface area contributed by atoms with Gasteiger partial charge in [-0.05, 0) is 68.1 Å². The lowest BCUT2D eigenvalue weighted by molar-refractivity contribution is 0.0930. The molecule has 156 valence electrons. The zero-order valence-electron chi connectivity index (χ0n) is 18.1. The molecule has 0 aliphatic heterocycles. The van der Waals surface area contributed by atoms with Crippen LogP contribution in [0.4, 0.5) is 5.69 Å². The number of nitrogens with zero attached hydrogens (tertiary/aromatic N) is 2. The third-order valence-electron chi connectivity index (χ3n) is 5.88. The molecule has 1 aromatic heterocycles. The van der Waals surface area contributed by atoms with Crippen LogP contribution in [0.3, 0.4) is 0 Å². The lowest BCUT2D eigenvalue weighted by atomic mass is 9.97. The lowest BCUT2D eigenvalue weighted by Gasteiger charge is -2.24. The molecule has 1 aliphatic carbocycles. The number of fused-ring (bicyclic) bond motifs is 1. The van der Waals surface area contributed by atoms with E-state index >= 15 is 0 Å². The van der Waals surface area contributed by atoms with Crippen molar-refractivity contribution in [3.05, 3.63) is 64.8 Å². The average molecular weight is 422 g/mol. The van der Waals surface area contributed by atoms with Crippen molar-refractivity contribution in [3.63, 3.8) is 0 Å². The molecule has 4 rings (SSSR count). The van der Waals surface area contributed by atoms with E-state index < -0.39 is 0 Å². The molecule has 1 saturated carbocycles. The van der Waals surface area contributed by atoms with Crippen molar-refractivity contribution in [1.29, 1.82) is 0 Å². The van der Waals surface area contributed by atoms with Crippen molar-refractivity contribution in [2.24, 2.45) is 0 Å². The summed E-state index contributed by atoms with van der Waals surface area (Å²) >= 11 is 1.65. The van der Waals surface area contributed by atoms with E-state index in [1.165, 1.54) is 0 Å². The predicted molar refractivity (Wildman–Crippen MR) is 125 cm³/mol. The molecule has 1 aliphatic rings. The Morgan fingerprint density at radius 2 is 1.93 bits per heavy atom. The molecule has 1 N–H and O–H groups in total. The van der Waals surface area contributed by atoms with Gasteiger partial charge in [0.1, 0.15) is 5.75 Å². The number of carbonyl (C=O) groups excluding carboxylic acids is 1. The second-order valence-electron chi connectivity index (χ2n) is 7.91.